The molecule has 0 radical (unpaired) electrons. The van der Waals surface area contributed by atoms with Gasteiger partial charge in [-0.3, -0.25) is 9.63 Å². The van der Waals surface area contributed by atoms with Gasteiger partial charge < -0.3 is 15.2 Å². The molecule has 0 spiro atoms. The second-order valence-electron chi connectivity index (χ2n) is 5.95. The third-order valence-electron chi connectivity index (χ3n) is 3.22. The molecule has 1 aromatic carbocycles. The van der Waals surface area contributed by atoms with Crippen LogP contribution in [0.25, 0.3) is 0 Å². The van der Waals surface area contributed by atoms with E-state index in [0.29, 0.717) is 6.42 Å². The predicted molar refractivity (Wildman–Crippen MR) is 89.3 cm³/mol. The van der Waals surface area contributed by atoms with E-state index in [9.17, 15) is 14.4 Å². The van der Waals surface area contributed by atoms with Gasteiger partial charge in [-0.15, -0.1) is 0 Å². The lowest BCUT2D eigenvalue weighted by molar-refractivity contribution is -0.145. The second kappa shape index (κ2) is 10.3. The van der Waals surface area contributed by atoms with Gasteiger partial charge in [0.05, 0.1) is 0 Å². The Balaban J connectivity index is 2.36. The van der Waals surface area contributed by atoms with Crippen LogP contribution in [0.3, 0.4) is 0 Å². The molecular formula is C17H24N2O6. The highest BCUT2D eigenvalue weighted by Gasteiger charge is 2.24. The van der Waals surface area contributed by atoms with Gasteiger partial charge in [0.15, 0.2) is 6.10 Å². The highest BCUT2D eigenvalue weighted by molar-refractivity contribution is 5.86. The first-order valence-electron chi connectivity index (χ1n) is 7.95. The van der Waals surface area contributed by atoms with E-state index in [-0.39, 0.29) is 12.5 Å². The summed E-state index contributed by atoms with van der Waals surface area (Å²) in [5, 5.41) is 11.5. The van der Waals surface area contributed by atoms with Crippen molar-refractivity contribution in [3.63, 3.8) is 0 Å². The molecule has 0 aliphatic carbocycles. The largest absolute Gasteiger partial charge is 0.480 e. The minimum Gasteiger partial charge on any atom is -0.480 e. The van der Waals surface area contributed by atoms with Crippen LogP contribution in [0.2, 0.25) is 0 Å². The lowest BCUT2D eigenvalue weighted by Gasteiger charge is -2.19. The van der Waals surface area contributed by atoms with Gasteiger partial charge in [-0.1, -0.05) is 44.2 Å². The van der Waals surface area contributed by atoms with Crippen LogP contribution in [0.15, 0.2) is 30.3 Å². The zero-order chi connectivity index (χ0) is 18.8. The summed E-state index contributed by atoms with van der Waals surface area (Å²) in [6, 6.07) is 8.06. The van der Waals surface area contributed by atoms with Crippen molar-refractivity contribution in [3.05, 3.63) is 35.9 Å². The van der Waals surface area contributed by atoms with Crippen molar-refractivity contribution in [1.82, 2.24) is 10.8 Å². The van der Waals surface area contributed by atoms with Crippen molar-refractivity contribution in [3.8, 4) is 0 Å². The molecule has 1 aromatic rings. The molecule has 0 aliphatic rings. The summed E-state index contributed by atoms with van der Waals surface area (Å²) in [4.78, 5) is 39.5. The molecule has 138 valence electrons. The topological polar surface area (TPSA) is 114 Å². The molecule has 0 saturated carbocycles. The van der Waals surface area contributed by atoms with Gasteiger partial charge in [0.1, 0.15) is 12.6 Å². The maximum atomic E-state index is 11.9. The highest BCUT2D eigenvalue weighted by Crippen LogP contribution is 2.06. The Bertz CT molecular complexity index is 576. The van der Waals surface area contributed by atoms with Crippen LogP contribution in [0.1, 0.15) is 32.8 Å². The first-order chi connectivity index (χ1) is 11.8. The summed E-state index contributed by atoms with van der Waals surface area (Å²) in [6.07, 6.45) is -1.63. The van der Waals surface area contributed by atoms with Crippen molar-refractivity contribution in [2.24, 2.45) is 5.92 Å². The number of amides is 2. The number of carbonyl (C=O) groups excluding carboxylic acids is 2. The van der Waals surface area contributed by atoms with Gasteiger partial charge in [-0.2, -0.15) is 5.48 Å². The zero-order valence-electron chi connectivity index (χ0n) is 14.5. The van der Waals surface area contributed by atoms with Crippen LogP contribution in [0.5, 0.6) is 0 Å². The van der Waals surface area contributed by atoms with Gasteiger partial charge >= 0.3 is 12.1 Å². The zero-order valence-corrected chi connectivity index (χ0v) is 14.5. The molecule has 2 amide bonds. The monoisotopic (exact) mass is 352 g/mol. The van der Waals surface area contributed by atoms with Crippen LogP contribution < -0.4 is 10.8 Å². The summed E-state index contributed by atoms with van der Waals surface area (Å²) >= 11 is 0. The number of carboxylic acids is 1. The third kappa shape index (κ3) is 8.16. The van der Waals surface area contributed by atoms with Gasteiger partial charge in [0.2, 0.25) is 0 Å². The van der Waals surface area contributed by atoms with E-state index in [2.05, 4.69) is 5.32 Å². The first kappa shape index (κ1) is 20.4. The average Bonchev–Trinajstić information content (AvgIpc) is 2.57. The summed E-state index contributed by atoms with van der Waals surface area (Å²) in [7, 11) is 0. The number of rotatable bonds is 9. The van der Waals surface area contributed by atoms with Crippen molar-refractivity contribution >= 4 is 18.0 Å². The van der Waals surface area contributed by atoms with Crippen LogP contribution in [0, 0.1) is 5.92 Å². The summed E-state index contributed by atoms with van der Waals surface area (Å²) in [6.45, 7) is 5.16. The standard InChI is InChI=1S/C17H24N2O6/c1-11(2)9-14(16(21)22)18-15(20)12(3)25-19-17(23)24-10-13-7-5-4-6-8-13/h4-8,11-12,14H,9-10H2,1-3H3,(H,18,20)(H,19,23)(H,21,22)/t12-,14+/m1/s1. The summed E-state index contributed by atoms with van der Waals surface area (Å²) in [5.74, 6) is -1.66. The molecule has 0 unspecified atom stereocenters. The van der Waals surface area contributed by atoms with Crippen molar-refractivity contribution in [1.29, 1.82) is 0 Å². The summed E-state index contributed by atoms with van der Waals surface area (Å²) < 4.78 is 4.93. The molecule has 1 rings (SSSR count). The fourth-order valence-electron chi connectivity index (χ4n) is 1.92. The highest BCUT2D eigenvalue weighted by atomic mass is 16.7. The van der Waals surface area contributed by atoms with E-state index in [1.165, 1.54) is 6.92 Å². The molecule has 0 fully saturated rings. The van der Waals surface area contributed by atoms with Crippen LogP contribution in [-0.4, -0.2) is 35.2 Å². The van der Waals surface area contributed by atoms with Crippen LogP contribution in [0.4, 0.5) is 4.79 Å². The molecule has 25 heavy (non-hydrogen) atoms. The number of nitrogens with one attached hydrogen (secondary N) is 2. The molecule has 0 aromatic heterocycles. The Labute approximate surface area is 146 Å². The van der Waals surface area contributed by atoms with Gasteiger partial charge in [-0.05, 0) is 24.8 Å². The molecule has 8 nitrogen and oxygen atoms in total. The van der Waals surface area contributed by atoms with E-state index < -0.39 is 30.1 Å². The molecule has 0 aliphatic heterocycles. The predicted octanol–water partition coefficient (Wildman–Crippen LogP) is 1.85. The smallest absolute Gasteiger partial charge is 0.431 e. The second-order valence-corrected chi connectivity index (χ2v) is 5.95. The van der Waals surface area contributed by atoms with Gasteiger partial charge in [0.25, 0.3) is 5.91 Å². The number of carboxylic acid groups (broad SMARTS) is 1. The van der Waals surface area contributed by atoms with Crippen molar-refractivity contribution in [2.45, 2.75) is 45.9 Å². The fraction of sp³-hybridized carbons (Fsp3) is 0.471. The number of benzene rings is 1. The number of hydrogen-bond acceptors (Lipinski definition) is 5. The SMILES string of the molecule is CC(C)C[C@H](NC(=O)[C@@H](C)ONC(=O)OCc1ccccc1)C(=O)O. The average molecular weight is 352 g/mol. The Kier molecular flexibility index (Phi) is 8.42. The third-order valence-corrected chi connectivity index (χ3v) is 3.22. The Morgan fingerprint density at radius 1 is 1.12 bits per heavy atom. The number of hydroxylamine groups is 1. The normalized spacial score (nSPS) is 13.0. The number of carbonyl (C=O) groups is 3. The van der Waals surface area contributed by atoms with E-state index in [4.69, 9.17) is 14.7 Å². The minimum atomic E-state index is -1.12. The molecule has 0 heterocycles. The fourth-order valence-corrected chi connectivity index (χ4v) is 1.92. The Morgan fingerprint density at radius 3 is 2.32 bits per heavy atom. The van der Waals surface area contributed by atoms with Crippen molar-refractivity contribution < 1.29 is 29.1 Å². The van der Waals surface area contributed by atoms with E-state index in [1.54, 1.807) is 12.1 Å². The van der Waals surface area contributed by atoms with E-state index in [0.717, 1.165) is 5.56 Å². The molecule has 3 N–H and O–H groups in total. The molecule has 8 heteroatoms. The molecule has 2 atom stereocenters. The molecular weight excluding hydrogens is 328 g/mol. The Hall–Kier alpha value is -2.61. The maximum Gasteiger partial charge on any atom is 0.431 e. The van der Waals surface area contributed by atoms with E-state index >= 15 is 0 Å². The van der Waals surface area contributed by atoms with Crippen molar-refractivity contribution in [2.75, 3.05) is 0 Å². The summed E-state index contributed by atoms with van der Waals surface area (Å²) in [5.41, 5.74) is 2.81. The Morgan fingerprint density at radius 2 is 1.76 bits per heavy atom. The van der Waals surface area contributed by atoms with Gasteiger partial charge in [-0.25, -0.2) is 9.59 Å². The van der Waals surface area contributed by atoms with E-state index in [1.807, 2.05) is 37.5 Å². The molecule has 0 bridgehead atoms. The number of ether oxygens (including phenoxy) is 1. The maximum absolute atomic E-state index is 11.9. The quantitative estimate of drug-likeness (QED) is 0.585. The lowest BCUT2D eigenvalue weighted by atomic mass is 10.0. The molecule has 0 saturated heterocycles. The van der Waals surface area contributed by atoms with Gasteiger partial charge in [0, 0.05) is 0 Å². The van der Waals surface area contributed by atoms with Crippen LogP contribution in [-0.2, 0) is 25.8 Å². The first-order valence-corrected chi connectivity index (χ1v) is 7.95. The number of hydrogen-bond donors (Lipinski definition) is 3. The lowest BCUT2D eigenvalue weighted by Crippen LogP contribution is -2.47. The van der Waals surface area contributed by atoms with Crippen LogP contribution >= 0.6 is 0 Å². The minimum absolute atomic E-state index is 0.0616. The number of aliphatic carboxylic acids is 1.